The van der Waals surface area contributed by atoms with Gasteiger partial charge in [-0.25, -0.2) is 9.82 Å². The molecule has 3 amide bonds. The lowest BCUT2D eigenvalue weighted by Gasteiger charge is -2.13. The van der Waals surface area contributed by atoms with Crippen molar-refractivity contribution >= 4 is 23.4 Å². The second-order valence-corrected chi connectivity index (χ2v) is 9.04. The van der Waals surface area contributed by atoms with E-state index < -0.39 is 17.6 Å². The molecule has 1 aliphatic rings. The van der Waals surface area contributed by atoms with Gasteiger partial charge in [0, 0.05) is 23.1 Å². The SMILES string of the molecule is Cc1c(C(=O)NNC(=O)c2ccccc2F)oc2c1/C(=N/NC(=O)c1ccc(-c3ccccc3)cc1)CCC2. The highest BCUT2D eigenvalue weighted by atomic mass is 19.1. The summed E-state index contributed by atoms with van der Waals surface area (Å²) in [4.78, 5) is 37.8. The van der Waals surface area contributed by atoms with Crippen LogP contribution in [0.25, 0.3) is 11.1 Å². The first-order valence-corrected chi connectivity index (χ1v) is 12.4. The molecular weight excluding hydrogens is 499 g/mol. The largest absolute Gasteiger partial charge is 0.455 e. The number of halogens is 1. The Kier molecular flexibility index (Phi) is 7.31. The molecule has 0 unspecified atom stereocenters. The van der Waals surface area contributed by atoms with Crippen molar-refractivity contribution < 1.29 is 23.2 Å². The smallest absolute Gasteiger partial charge is 0.305 e. The van der Waals surface area contributed by atoms with Gasteiger partial charge in [0.2, 0.25) is 0 Å². The van der Waals surface area contributed by atoms with Crippen molar-refractivity contribution in [3.63, 3.8) is 0 Å². The minimum atomic E-state index is -0.794. The third kappa shape index (κ3) is 5.47. The van der Waals surface area contributed by atoms with E-state index >= 15 is 0 Å². The van der Waals surface area contributed by atoms with E-state index in [0.29, 0.717) is 41.0 Å². The monoisotopic (exact) mass is 524 g/mol. The molecule has 1 aromatic heterocycles. The summed E-state index contributed by atoms with van der Waals surface area (Å²) in [7, 11) is 0. The van der Waals surface area contributed by atoms with Crippen molar-refractivity contribution in [3.05, 3.63) is 118 Å². The number of carbonyl (C=O) groups excluding carboxylic acids is 3. The van der Waals surface area contributed by atoms with Crippen molar-refractivity contribution in [2.45, 2.75) is 26.2 Å². The fraction of sp³-hybridized carbons (Fsp3) is 0.133. The number of benzene rings is 3. The molecule has 5 rings (SSSR count). The molecule has 39 heavy (non-hydrogen) atoms. The van der Waals surface area contributed by atoms with Crippen LogP contribution in [-0.2, 0) is 6.42 Å². The maximum Gasteiger partial charge on any atom is 0.305 e. The first-order valence-electron chi connectivity index (χ1n) is 12.4. The van der Waals surface area contributed by atoms with Crippen molar-refractivity contribution in [3.8, 4) is 11.1 Å². The number of hydrazine groups is 1. The zero-order chi connectivity index (χ0) is 27.4. The number of nitrogens with one attached hydrogen (secondary N) is 3. The lowest BCUT2D eigenvalue weighted by Crippen LogP contribution is -2.42. The van der Waals surface area contributed by atoms with E-state index in [-0.39, 0.29) is 17.2 Å². The molecular formula is C30H25FN4O4. The second kappa shape index (κ2) is 11.1. The van der Waals surface area contributed by atoms with Crippen LogP contribution in [0.3, 0.4) is 0 Å². The van der Waals surface area contributed by atoms with E-state index in [4.69, 9.17) is 4.42 Å². The Morgan fingerprint density at radius 2 is 1.46 bits per heavy atom. The summed E-state index contributed by atoms with van der Waals surface area (Å²) in [6.07, 6.45) is 1.91. The van der Waals surface area contributed by atoms with Gasteiger partial charge in [0.1, 0.15) is 11.6 Å². The van der Waals surface area contributed by atoms with E-state index in [9.17, 15) is 18.8 Å². The third-order valence-electron chi connectivity index (χ3n) is 6.49. The molecule has 3 aromatic carbocycles. The van der Waals surface area contributed by atoms with Crippen LogP contribution in [0.5, 0.6) is 0 Å². The predicted octanol–water partition coefficient (Wildman–Crippen LogP) is 4.94. The molecule has 0 aliphatic heterocycles. The van der Waals surface area contributed by atoms with Crippen LogP contribution >= 0.6 is 0 Å². The highest BCUT2D eigenvalue weighted by molar-refractivity contribution is 6.07. The number of hydrogen-bond acceptors (Lipinski definition) is 5. The summed E-state index contributed by atoms with van der Waals surface area (Å²) in [6, 6.07) is 22.6. The van der Waals surface area contributed by atoms with Crippen molar-refractivity contribution in [1.29, 1.82) is 0 Å². The molecule has 196 valence electrons. The fourth-order valence-electron chi connectivity index (χ4n) is 4.51. The zero-order valence-electron chi connectivity index (χ0n) is 21.1. The Bertz CT molecular complexity index is 1580. The molecule has 0 spiro atoms. The summed E-state index contributed by atoms with van der Waals surface area (Å²) in [5, 5.41) is 4.35. The molecule has 4 aromatic rings. The maximum atomic E-state index is 13.8. The number of aryl methyl sites for hydroxylation is 1. The molecule has 0 radical (unpaired) electrons. The molecule has 0 saturated heterocycles. The van der Waals surface area contributed by atoms with Gasteiger partial charge in [0.15, 0.2) is 5.76 Å². The van der Waals surface area contributed by atoms with E-state index in [1.54, 1.807) is 19.1 Å². The van der Waals surface area contributed by atoms with Gasteiger partial charge in [-0.2, -0.15) is 5.10 Å². The normalized spacial score (nSPS) is 13.4. The van der Waals surface area contributed by atoms with Gasteiger partial charge in [0.25, 0.3) is 11.8 Å². The van der Waals surface area contributed by atoms with Crippen LogP contribution in [0, 0.1) is 12.7 Å². The number of furan rings is 1. The van der Waals surface area contributed by atoms with E-state index in [1.807, 2.05) is 42.5 Å². The van der Waals surface area contributed by atoms with Crippen molar-refractivity contribution in [1.82, 2.24) is 16.3 Å². The van der Waals surface area contributed by atoms with Crippen LogP contribution in [0.4, 0.5) is 4.39 Å². The van der Waals surface area contributed by atoms with Crippen LogP contribution < -0.4 is 16.3 Å². The Balaban J connectivity index is 1.27. The molecule has 3 N–H and O–H groups in total. The second-order valence-electron chi connectivity index (χ2n) is 9.04. The summed E-state index contributed by atoms with van der Waals surface area (Å²) in [6.45, 7) is 1.71. The van der Waals surface area contributed by atoms with Gasteiger partial charge in [-0.1, -0.05) is 54.6 Å². The lowest BCUT2D eigenvalue weighted by atomic mass is 9.93. The van der Waals surface area contributed by atoms with Crippen LogP contribution in [0.1, 0.15) is 61.0 Å². The van der Waals surface area contributed by atoms with Gasteiger partial charge in [-0.15, -0.1) is 0 Å². The quantitative estimate of drug-likeness (QED) is 0.321. The molecule has 1 aliphatic carbocycles. The van der Waals surface area contributed by atoms with Crippen molar-refractivity contribution in [2.24, 2.45) is 5.10 Å². The van der Waals surface area contributed by atoms with E-state index in [0.717, 1.165) is 23.6 Å². The molecule has 1 heterocycles. The predicted molar refractivity (Wildman–Crippen MR) is 144 cm³/mol. The summed E-state index contributed by atoms with van der Waals surface area (Å²) < 4.78 is 19.6. The van der Waals surface area contributed by atoms with E-state index in [1.165, 1.54) is 18.2 Å². The highest BCUT2D eigenvalue weighted by Crippen LogP contribution is 2.30. The number of carbonyl (C=O) groups is 3. The van der Waals surface area contributed by atoms with Gasteiger partial charge in [-0.3, -0.25) is 25.2 Å². The van der Waals surface area contributed by atoms with Crippen LogP contribution in [0.2, 0.25) is 0 Å². The third-order valence-corrected chi connectivity index (χ3v) is 6.49. The van der Waals surface area contributed by atoms with Gasteiger partial charge < -0.3 is 4.42 Å². The first-order chi connectivity index (χ1) is 18.9. The molecule has 8 nitrogen and oxygen atoms in total. The molecule has 0 atom stereocenters. The number of hydrazone groups is 1. The number of fused-ring (bicyclic) bond motifs is 1. The fourth-order valence-corrected chi connectivity index (χ4v) is 4.51. The van der Waals surface area contributed by atoms with Gasteiger partial charge in [0.05, 0.1) is 11.3 Å². The van der Waals surface area contributed by atoms with Gasteiger partial charge in [-0.05, 0) is 55.2 Å². The minimum absolute atomic E-state index is 0.00580. The number of hydrogen-bond donors (Lipinski definition) is 3. The minimum Gasteiger partial charge on any atom is -0.455 e. The number of amides is 3. The lowest BCUT2D eigenvalue weighted by molar-refractivity contribution is 0.0827. The average molecular weight is 525 g/mol. The first kappa shape index (κ1) is 25.6. The van der Waals surface area contributed by atoms with Gasteiger partial charge >= 0.3 is 5.91 Å². The topological polar surface area (TPSA) is 113 Å². The Hall–Kier alpha value is -5.05. The molecule has 0 saturated carbocycles. The maximum absolute atomic E-state index is 13.8. The van der Waals surface area contributed by atoms with Crippen LogP contribution in [0.15, 0.2) is 88.4 Å². The standard InChI is InChI=1S/C30H25FN4O4/c1-18-26-24(32-33-28(36)21-16-14-20(15-17-21)19-8-3-2-4-9-19)12-7-13-25(26)39-27(18)30(38)35-34-29(37)22-10-5-6-11-23(22)31/h2-6,8-11,14-17H,7,12-13H2,1H3,(H,33,36)(H,34,37)(H,35,38)/b32-24+. The summed E-state index contributed by atoms with van der Waals surface area (Å²) in [5.74, 6) is -1.96. The Labute approximate surface area is 223 Å². The molecule has 0 bridgehead atoms. The van der Waals surface area contributed by atoms with Crippen LogP contribution in [-0.4, -0.2) is 23.4 Å². The summed E-state index contributed by atoms with van der Waals surface area (Å²) in [5.41, 5.74) is 11.2. The highest BCUT2D eigenvalue weighted by Gasteiger charge is 2.28. The Morgan fingerprint density at radius 3 is 2.21 bits per heavy atom. The van der Waals surface area contributed by atoms with E-state index in [2.05, 4.69) is 21.4 Å². The van der Waals surface area contributed by atoms with Crippen molar-refractivity contribution in [2.75, 3.05) is 0 Å². The summed E-state index contributed by atoms with van der Waals surface area (Å²) >= 11 is 0. The number of rotatable bonds is 5. The average Bonchev–Trinajstić information content (AvgIpc) is 3.32. The molecule has 0 fully saturated rings. The number of nitrogens with zero attached hydrogens (tertiary/aromatic N) is 1. The molecule has 9 heteroatoms. The zero-order valence-corrected chi connectivity index (χ0v) is 21.1. The Morgan fingerprint density at radius 1 is 0.795 bits per heavy atom.